The van der Waals surface area contributed by atoms with Crippen LogP contribution in [0.15, 0.2) is 0 Å². The smallest absolute Gasteiger partial charge is 0.142 e. The van der Waals surface area contributed by atoms with Crippen LogP contribution in [0.3, 0.4) is 0 Å². The second-order valence-corrected chi connectivity index (χ2v) is 7.24. The Hall–Kier alpha value is -1.04. The van der Waals surface area contributed by atoms with Crippen molar-refractivity contribution in [3.8, 4) is 0 Å². The zero-order valence-electron chi connectivity index (χ0n) is 14.9. The average Bonchev–Trinajstić information content (AvgIpc) is 2.55. The Morgan fingerprint density at radius 3 is 2.61 bits per heavy atom. The maximum atomic E-state index is 4.81. The molecule has 1 aromatic heterocycles. The molecule has 1 aromatic rings. The zero-order chi connectivity index (χ0) is 16.2. The third kappa shape index (κ3) is 4.49. The maximum absolute atomic E-state index is 4.81. The number of nitrogens with one attached hydrogen (secondary N) is 1. The van der Waals surface area contributed by atoms with Gasteiger partial charge >= 0.3 is 0 Å². The van der Waals surface area contributed by atoms with E-state index in [2.05, 4.69) is 36.0 Å². The van der Waals surface area contributed by atoms with Gasteiger partial charge in [-0.05, 0) is 52.1 Å². The highest BCUT2D eigenvalue weighted by molar-refractivity contribution is 5.27. The largest absolute Gasteiger partial charge is 0.306 e. The van der Waals surface area contributed by atoms with E-state index < -0.39 is 0 Å². The van der Waals surface area contributed by atoms with E-state index in [1.165, 1.54) is 56.0 Å². The van der Waals surface area contributed by atoms with E-state index in [1.807, 2.05) is 0 Å². The SMILES string of the molecule is Cc1nc(CN[C@@H](C)CN2CCN(C)CC2)nc2c1CCCC2. The summed E-state index contributed by atoms with van der Waals surface area (Å²) in [5.41, 5.74) is 3.90. The van der Waals surface area contributed by atoms with E-state index in [9.17, 15) is 0 Å². The number of hydrogen-bond acceptors (Lipinski definition) is 5. The molecule has 1 fully saturated rings. The minimum absolute atomic E-state index is 0.471. The van der Waals surface area contributed by atoms with Gasteiger partial charge in [-0.1, -0.05) is 0 Å². The molecule has 5 nitrogen and oxygen atoms in total. The van der Waals surface area contributed by atoms with Crippen molar-refractivity contribution < 1.29 is 0 Å². The van der Waals surface area contributed by atoms with Crippen molar-refractivity contribution in [1.29, 1.82) is 0 Å². The molecule has 0 unspecified atom stereocenters. The topological polar surface area (TPSA) is 44.3 Å². The molecule has 1 saturated heterocycles. The molecule has 1 aliphatic carbocycles. The van der Waals surface area contributed by atoms with Gasteiger partial charge in [-0.3, -0.25) is 4.90 Å². The summed E-state index contributed by atoms with van der Waals surface area (Å²) in [6.07, 6.45) is 4.85. The highest BCUT2D eigenvalue weighted by Gasteiger charge is 2.17. The summed E-state index contributed by atoms with van der Waals surface area (Å²) < 4.78 is 0. The zero-order valence-corrected chi connectivity index (χ0v) is 14.9. The third-order valence-corrected chi connectivity index (χ3v) is 5.17. The van der Waals surface area contributed by atoms with Gasteiger partial charge in [0.2, 0.25) is 0 Å². The lowest BCUT2D eigenvalue weighted by Gasteiger charge is -2.34. The predicted molar refractivity (Wildman–Crippen MR) is 93.6 cm³/mol. The molecule has 1 atom stereocenters. The normalized spacial score (nSPS) is 21.2. The molecule has 128 valence electrons. The fourth-order valence-corrected chi connectivity index (χ4v) is 3.67. The summed E-state index contributed by atoms with van der Waals surface area (Å²) in [6, 6.07) is 0.471. The van der Waals surface area contributed by atoms with E-state index in [1.54, 1.807) is 0 Å². The van der Waals surface area contributed by atoms with Crippen molar-refractivity contribution in [1.82, 2.24) is 25.1 Å². The van der Waals surface area contributed by atoms with E-state index in [4.69, 9.17) is 9.97 Å². The molecule has 0 amide bonds. The summed E-state index contributed by atoms with van der Waals surface area (Å²) in [7, 11) is 2.20. The van der Waals surface area contributed by atoms with E-state index in [0.717, 1.165) is 31.8 Å². The molecule has 0 aromatic carbocycles. The number of hydrogen-bond donors (Lipinski definition) is 1. The first-order valence-electron chi connectivity index (χ1n) is 9.11. The van der Waals surface area contributed by atoms with Gasteiger partial charge < -0.3 is 10.2 Å². The van der Waals surface area contributed by atoms with Gasteiger partial charge in [-0.2, -0.15) is 0 Å². The Morgan fingerprint density at radius 1 is 1.09 bits per heavy atom. The van der Waals surface area contributed by atoms with Crippen molar-refractivity contribution in [2.75, 3.05) is 39.8 Å². The Kier molecular flexibility index (Phi) is 5.62. The Labute approximate surface area is 140 Å². The van der Waals surface area contributed by atoms with Crippen molar-refractivity contribution in [2.45, 2.75) is 52.1 Å². The lowest BCUT2D eigenvalue weighted by atomic mass is 9.95. The van der Waals surface area contributed by atoms with Crippen molar-refractivity contribution in [3.63, 3.8) is 0 Å². The molecular weight excluding hydrogens is 286 g/mol. The number of rotatable bonds is 5. The van der Waals surface area contributed by atoms with Gasteiger partial charge in [0.1, 0.15) is 5.82 Å². The highest BCUT2D eigenvalue weighted by atomic mass is 15.3. The molecule has 23 heavy (non-hydrogen) atoms. The van der Waals surface area contributed by atoms with Crippen LogP contribution in [-0.4, -0.2) is 65.6 Å². The first kappa shape index (κ1) is 16.8. The van der Waals surface area contributed by atoms with Crippen LogP contribution in [-0.2, 0) is 19.4 Å². The minimum atomic E-state index is 0.471. The molecule has 2 aliphatic rings. The van der Waals surface area contributed by atoms with E-state index >= 15 is 0 Å². The van der Waals surface area contributed by atoms with Crippen molar-refractivity contribution >= 4 is 0 Å². The lowest BCUT2D eigenvalue weighted by molar-refractivity contribution is 0.144. The summed E-state index contributed by atoms with van der Waals surface area (Å²) >= 11 is 0. The van der Waals surface area contributed by atoms with Crippen LogP contribution in [0.4, 0.5) is 0 Å². The highest BCUT2D eigenvalue weighted by Crippen LogP contribution is 2.21. The first-order chi connectivity index (χ1) is 11.1. The molecule has 1 N–H and O–H groups in total. The second-order valence-electron chi connectivity index (χ2n) is 7.24. The first-order valence-corrected chi connectivity index (χ1v) is 9.11. The summed E-state index contributed by atoms with van der Waals surface area (Å²) in [4.78, 5) is 14.5. The molecular formula is C18H31N5. The monoisotopic (exact) mass is 317 g/mol. The second kappa shape index (κ2) is 7.69. The fourth-order valence-electron chi connectivity index (χ4n) is 3.67. The quantitative estimate of drug-likeness (QED) is 0.889. The molecule has 0 spiro atoms. The van der Waals surface area contributed by atoms with Crippen LogP contribution in [0.5, 0.6) is 0 Å². The summed E-state index contributed by atoms with van der Waals surface area (Å²) in [5, 5.41) is 3.61. The molecule has 3 rings (SSSR count). The number of fused-ring (bicyclic) bond motifs is 1. The minimum Gasteiger partial charge on any atom is -0.306 e. The summed E-state index contributed by atoms with van der Waals surface area (Å²) in [5.74, 6) is 0.966. The van der Waals surface area contributed by atoms with Gasteiger partial charge in [0.15, 0.2) is 0 Å². The van der Waals surface area contributed by atoms with E-state index in [-0.39, 0.29) is 0 Å². The number of likely N-dealkylation sites (N-methyl/N-ethyl adjacent to an activating group) is 1. The number of nitrogens with zero attached hydrogens (tertiary/aromatic N) is 4. The van der Waals surface area contributed by atoms with Gasteiger partial charge in [-0.15, -0.1) is 0 Å². The molecule has 1 aliphatic heterocycles. The number of aryl methyl sites for hydroxylation is 2. The fraction of sp³-hybridized carbons (Fsp3) is 0.778. The predicted octanol–water partition coefficient (Wildman–Crippen LogP) is 1.39. The van der Waals surface area contributed by atoms with Crippen molar-refractivity contribution in [2.24, 2.45) is 0 Å². The number of piperazine rings is 1. The lowest BCUT2D eigenvalue weighted by Crippen LogP contribution is -2.48. The van der Waals surface area contributed by atoms with Crippen molar-refractivity contribution in [3.05, 3.63) is 22.8 Å². The van der Waals surface area contributed by atoms with Gasteiger partial charge in [0, 0.05) is 50.2 Å². The molecule has 0 saturated carbocycles. The standard InChI is InChI=1S/C18H31N5/c1-14(13-23-10-8-22(3)9-11-23)19-12-18-20-15(2)16-6-4-5-7-17(16)21-18/h14,19H,4-13H2,1-3H3/t14-/m0/s1. The maximum Gasteiger partial charge on any atom is 0.142 e. The molecule has 2 heterocycles. The van der Waals surface area contributed by atoms with E-state index in [0.29, 0.717) is 6.04 Å². The number of aromatic nitrogens is 2. The van der Waals surface area contributed by atoms with Crippen LogP contribution < -0.4 is 5.32 Å². The Balaban J connectivity index is 1.51. The van der Waals surface area contributed by atoms with Crippen LogP contribution in [0.2, 0.25) is 0 Å². The summed E-state index contributed by atoms with van der Waals surface area (Å²) in [6.45, 7) is 11.0. The van der Waals surface area contributed by atoms with Gasteiger partial charge in [0.05, 0.1) is 6.54 Å². The Morgan fingerprint density at radius 2 is 1.83 bits per heavy atom. The van der Waals surface area contributed by atoms with Crippen LogP contribution in [0.25, 0.3) is 0 Å². The van der Waals surface area contributed by atoms with Crippen LogP contribution >= 0.6 is 0 Å². The average molecular weight is 317 g/mol. The van der Waals surface area contributed by atoms with Crippen LogP contribution in [0, 0.1) is 6.92 Å². The molecule has 5 heteroatoms. The van der Waals surface area contributed by atoms with Gasteiger partial charge in [0.25, 0.3) is 0 Å². The van der Waals surface area contributed by atoms with Crippen LogP contribution in [0.1, 0.15) is 42.5 Å². The van der Waals surface area contributed by atoms with Gasteiger partial charge in [-0.25, -0.2) is 9.97 Å². The molecule has 0 radical (unpaired) electrons. The molecule has 0 bridgehead atoms. The third-order valence-electron chi connectivity index (χ3n) is 5.17. The Bertz CT molecular complexity index is 522.